The fraction of sp³-hybridized carbons (Fsp3) is 0.571. The van der Waals surface area contributed by atoms with Gasteiger partial charge in [-0.1, -0.05) is 6.07 Å². The molecule has 0 unspecified atom stereocenters. The van der Waals surface area contributed by atoms with Gasteiger partial charge in [-0.3, -0.25) is 0 Å². The van der Waals surface area contributed by atoms with Crippen molar-refractivity contribution in [2.24, 2.45) is 5.92 Å². The second-order valence-corrected chi connectivity index (χ2v) is 6.30. The van der Waals surface area contributed by atoms with E-state index in [0.717, 1.165) is 5.92 Å². The minimum absolute atomic E-state index is 0.877. The average Bonchev–Trinajstić information content (AvgIpc) is 2.40. The van der Waals surface area contributed by atoms with Gasteiger partial charge in [0.05, 0.1) is 0 Å². The molecule has 1 aliphatic heterocycles. The number of benzene rings is 1. The highest BCUT2D eigenvalue weighted by atomic mass is 32.2. The van der Waals surface area contributed by atoms with Gasteiger partial charge in [-0.25, -0.2) is 0 Å². The molecule has 1 nitrogen and oxygen atoms in total. The second-order valence-electron chi connectivity index (χ2n) is 4.58. The fourth-order valence-electron chi connectivity index (χ4n) is 2.42. The van der Waals surface area contributed by atoms with Crippen LogP contribution in [0.15, 0.2) is 28.0 Å². The van der Waals surface area contributed by atoms with Gasteiger partial charge in [-0.15, -0.1) is 23.5 Å². The Morgan fingerprint density at radius 3 is 2.59 bits per heavy atom. The summed E-state index contributed by atoms with van der Waals surface area (Å²) in [6, 6.07) is 6.94. The van der Waals surface area contributed by atoms with Crippen LogP contribution in [0.4, 0.5) is 0 Å². The molecule has 0 aliphatic carbocycles. The largest absolute Gasteiger partial charge is 0.317 e. The number of hydrogen-bond donors (Lipinski definition) is 1. The van der Waals surface area contributed by atoms with E-state index in [1.165, 1.54) is 42.1 Å². The third-order valence-corrected chi connectivity index (χ3v) is 5.01. The number of rotatable bonds is 4. The Morgan fingerprint density at radius 2 is 1.94 bits per heavy atom. The van der Waals surface area contributed by atoms with Crippen LogP contribution >= 0.6 is 23.5 Å². The lowest BCUT2D eigenvalue weighted by Crippen LogP contribution is -2.28. The summed E-state index contributed by atoms with van der Waals surface area (Å²) in [4.78, 5) is 2.85. The van der Waals surface area contributed by atoms with Gasteiger partial charge in [0.2, 0.25) is 0 Å². The van der Waals surface area contributed by atoms with Crippen molar-refractivity contribution in [2.45, 2.75) is 29.1 Å². The van der Waals surface area contributed by atoms with E-state index in [2.05, 4.69) is 36.0 Å². The van der Waals surface area contributed by atoms with E-state index in [-0.39, 0.29) is 0 Å². The molecule has 94 valence electrons. The summed E-state index contributed by atoms with van der Waals surface area (Å²) >= 11 is 3.71. The highest BCUT2D eigenvalue weighted by Crippen LogP contribution is 2.29. The summed E-state index contributed by atoms with van der Waals surface area (Å²) in [5.74, 6) is 0.877. The van der Waals surface area contributed by atoms with Crippen molar-refractivity contribution in [1.29, 1.82) is 0 Å². The molecule has 1 heterocycles. The molecule has 3 heteroatoms. The van der Waals surface area contributed by atoms with E-state index < -0.39 is 0 Å². The van der Waals surface area contributed by atoms with Gasteiger partial charge in [0.1, 0.15) is 0 Å². The summed E-state index contributed by atoms with van der Waals surface area (Å²) in [6.45, 7) is 2.39. The smallest absolute Gasteiger partial charge is 0.0112 e. The van der Waals surface area contributed by atoms with Crippen molar-refractivity contribution in [3.63, 3.8) is 0 Å². The number of thioether (sulfide) groups is 2. The molecule has 0 spiro atoms. The summed E-state index contributed by atoms with van der Waals surface area (Å²) < 4.78 is 0. The van der Waals surface area contributed by atoms with Crippen LogP contribution in [0.1, 0.15) is 18.4 Å². The fourth-order valence-corrected chi connectivity index (χ4v) is 3.59. The molecule has 1 saturated heterocycles. The first-order valence-corrected chi connectivity index (χ1v) is 8.70. The maximum atomic E-state index is 3.44. The maximum Gasteiger partial charge on any atom is 0.0112 e. The summed E-state index contributed by atoms with van der Waals surface area (Å²) in [6.07, 6.45) is 8.25. The molecule has 1 aliphatic rings. The number of piperidine rings is 1. The van der Waals surface area contributed by atoms with Crippen LogP contribution in [0.2, 0.25) is 0 Å². The lowest BCUT2D eigenvalue weighted by Gasteiger charge is -2.23. The van der Waals surface area contributed by atoms with Crippen LogP contribution in [0, 0.1) is 5.92 Å². The van der Waals surface area contributed by atoms with E-state index in [0.29, 0.717) is 0 Å². The van der Waals surface area contributed by atoms with E-state index in [1.54, 1.807) is 5.56 Å². The topological polar surface area (TPSA) is 12.0 Å². The molecule has 0 aromatic heterocycles. The highest BCUT2D eigenvalue weighted by Gasteiger charge is 2.15. The zero-order chi connectivity index (χ0) is 12.1. The first-order chi connectivity index (χ1) is 8.33. The van der Waals surface area contributed by atoms with Crippen molar-refractivity contribution in [3.8, 4) is 0 Å². The Hall–Kier alpha value is -0.120. The van der Waals surface area contributed by atoms with Crippen LogP contribution in [0.25, 0.3) is 0 Å². The van der Waals surface area contributed by atoms with Gasteiger partial charge in [0.15, 0.2) is 0 Å². The van der Waals surface area contributed by atoms with Crippen molar-refractivity contribution in [3.05, 3.63) is 23.8 Å². The quantitative estimate of drug-likeness (QED) is 0.836. The van der Waals surface area contributed by atoms with Gasteiger partial charge in [0, 0.05) is 9.79 Å². The van der Waals surface area contributed by atoms with Crippen molar-refractivity contribution in [1.82, 2.24) is 5.32 Å². The minimum atomic E-state index is 0.877. The van der Waals surface area contributed by atoms with Gasteiger partial charge >= 0.3 is 0 Å². The van der Waals surface area contributed by atoms with E-state index in [4.69, 9.17) is 0 Å². The molecule has 1 aromatic rings. The predicted molar refractivity (Wildman–Crippen MR) is 79.3 cm³/mol. The standard InChI is InChI=1S/C14H21NS2/c1-16-13-4-3-12(14(10-13)17-2)9-11-5-7-15-8-6-11/h3-4,10-11,15H,5-9H2,1-2H3. The summed E-state index contributed by atoms with van der Waals surface area (Å²) in [7, 11) is 0. The first-order valence-electron chi connectivity index (χ1n) is 6.25. The van der Waals surface area contributed by atoms with Gasteiger partial charge in [-0.05, 0) is 68.5 Å². The number of nitrogens with one attached hydrogen (secondary N) is 1. The summed E-state index contributed by atoms with van der Waals surface area (Å²) in [5, 5.41) is 3.44. The Balaban J connectivity index is 2.08. The Bertz CT molecular complexity index is 359. The Labute approximate surface area is 113 Å². The van der Waals surface area contributed by atoms with E-state index in [9.17, 15) is 0 Å². The van der Waals surface area contributed by atoms with Crippen LogP contribution in [0.3, 0.4) is 0 Å². The van der Waals surface area contributed by atoms with Gasteiger partial charge < -0.3 is 5.32 Å². The molecule has 0 bridgehead atoms. The van der Waals surface area contributed by atoms with Crippen molar-refractivity contribution < 1.29 is 0 Å². The molecule has 0 saturated carbocycles. The molecule has 17 heavy (non-hydrogen) atoms. The molecule has 1 fully saturated rings. The third-order valence-electron chi connectivity index (χ3n) is 3.46. The number of hydrogen-bond acceptors (Lipinski definition) is 3. The van der Waals surface area contributed by atoms with E-state index >= 15 is 0 Å². The lowest BCUT2D eigenvalue weighted by atomic mass is 9.91. The first kappa shape index (κ1) is 13.3. The normalized spacial score (nSPS) is 17.3. The van der Waals surface area contributed by atoms with Crippen LogP contribution in [-0.4, -0.2) is 25.6 Å². The predicted octanol–water partition coefficient (Wildman–Crippen LogP) is 3.67. The van der Waals surface area contributed by atoms with Crippen LogP contribution < -0.4 is 5.32 Å². The zero-order valence-corrected chi connectivity index (χ0v) is 12.3. The average molecular weight is 267 g/mol. The minimum Gasteiger partial charge on any atom is -0.317 e. The Morgan fingerprint density at radius 1 is 1.18 bits per heavy atom. The monoisotopic (exact) mass is 267 g/mol. The van der Waals surface area contributed by atoms with Crippen molar-refractivity contribution >= 4 is 23.5 Å². The maximum absolute atomic E-state index is 3.44. The summed E-state index contributed by atoms with van der Waals surface area (Å²) in [5.41, 5.74) is 1.54. The Kier molecular flexibility index (Phi) is 5.26. The molecular formula is C14H21NS2. The second kappa shape index (κ2) is 6.72. The molecule has 2 rings (SSSR count). The molecule has 1 N–H and O–H groups in total. The van der Waals surface area contributed by atoms with Gasteiger partial charge in [-0.2, -0.15) is 0 Å². The molecule has 0 radical (unpaired) electrons. The van der Waals surface area contributed by atoms with E-state index in [1.807, 2.05) is 23.5 Å². The SMILES string of the molecule is CSc1ccc(CC2CCNCC2)c(SC)c1. The molecule has 0 atom stereocenters. The molecule has 0 amide bonds. The van der Waals surface area contributed by atoms with Crippen molar-refractivity contribution in [2.75, 3.05) is 25.6 Å². The lowest BCUT2D eigenvalue weighted by molar-refractivity contribution is 0.371. The van der Waals surface area contributed by atoms with Crippen LogP contribution in [0.5, 0.6) is 0 Å². The highest BCUT2D eigenvalue weighted by molar-refractivity contribution is 7.99. The van der Waals surface area contributed by atoms with Gasteiger partial charge in [0.25, 0.3) is 0 Å². The zero-order valence-electron chi connectivity index (χ0n) is 10.7. The van der Waals surface area contributed by atoms with Crippen LogP contribution in [-0.2, 0) is 6.42 Å². The third kappa shape index (κ3) is 3.67. The molecule has 1 aromatic carbocycles. The molecular weight excluding hydrogens is 246 g/mol.